The molecule has 0 atom stereocenters. The maximum atomic E-state index is 5.43. The first-order valence-electron chi connectivity index (χ1n) is 5.87. The molecule has 4 N–H and O–H groups in total. The monoisotopic (exact) mass is 238 g/mol. The number of nitrogens with zero attached hydrogens (tertiary/aromatic N) is 3. The van der Waals surface area contributed by atoms with Crippen LogP contribution in [0.4, 0.5) is 11.6 Å². The summed E-state index contributed by atoms with van der Waals surface area (Å²) >= 11 is 0. The van der Waals surface area contributed by atoms with Crippen LogP contribution in [-0.2, 0) is 0 Å². The Kier molecular flexibility index (Phi) is 6.27. The minimum Gasteiger partial charge on any atom is -0.370 e. The second-order valence-electron chi connectivity index (χ2n) is 4.09. The van der Waals surface area contributed by atoms with Gasteiger partial charge in [0.2, 0.25) is 0 Å². The number of likely N-dealkylation sites (N-methyl/N-ethyl adjacent to an activating group) is 1. The summed E-state index contributed by atoms with van der Waals surface area (Å²) in [5, 5.41) is 6.45. The van der Waals surface area contributed by atoms with Crippen LogP contribution >= 0.6 is 0 Å². The van der Waals surface area contributed by atoms with E-state index in [0.29, 0.717) is 6.54 Å². The molecule has 96 valence electrons. The van der Waals surface area contributed by atoms with Gasteiger partial charge in [0.15, 0.2) is 0 Å². The van der Waals surface area contributed by atoms with Crippen LogP contribution in [0.5, 0.6) is 0 Å². The van der Waals surface area contributed by atoms with E-state index < -0.39 is 0 Å². The van der Waals surface area contributed by atoms with Crippen LogP contribution in [0.2, 0.25) is 0 Å². The van der Waals surface area contributed by atoms with Gasteiger partial charge in [0.1, 0.15) is 18.0 Å². The summed E-state index contributed by atoms with van der Waals surface area (Å²) in [4.78, 5) is 10.4. The first-order chi connectivity index (χ1) is 8.22. The Bertz CT molecular complexity index is 315. The molecule has 0 aliphatic rings. The summed E-state index contributed by atoms with van der Waals surface area (Å²) in [7, 11) is 4.09. The molecule has 0 saturated carbocycles. The topological polar surface area (TPSA) is 79.1 Å². The van der Waals surface area contributed by atoms with E-state index in [9.17, 15) is 0 Å². The van der Waals surface area contributed by atoms with Gasteiger partial charge in [-0.2, -0.15) is 0 Å². The van der Waals surface area contributed by atoms with Gasteiger partial charge in [-0.05, 0) is 27.1 Å². The smallest absolute Gasteiger partial charge is 0.131 e. The van der Waals surface area contributed by atoms with E-state index in [1.807, 2.05) is 20.2 Å². The standard InChI is InChI=1S/C11H22N6/c1-17(2)7-6-14-11-8-10(15-9-16-11)13-5-3-4-12/h8-9H,3-7,12H2,1-2H3,(H2,13,14,15,16). The van der Waals surface area contributed by atoms with Crippen molar-refractivity contribution in [2.24, 2.45) is 5.73 Å². The van der Waals surface area contributed by atoms with Gasteiger partial charge in [-0.1, -0.05) is 0 Å². The molecule has 6 nitrogen and oxygen atoms in total. The SMILES string of the molecule is CN(C)CCNc1cc(NCCCN)ncn1. The van der Waals surface area contributed by atoms with E-state index in [-0.39, 0.29) is 0 Å². The number of anilines is 2. The third-order valence-electron chi connectivity index (χ3n) is 2.22. The van der Waals surface area contributed by atoms with E-state index >= 15 is 0 Å². The number of rotatable bonds is 8. The lowest BCUT2D eigenvalue weighted by molar-refractivity contribution is 0.425. The Morgan fingerprint density at radius 3 is 2.41 bits per heavy atom. The predicted molar refractivity (Wildman–Crippen MR) is 71.2 cm³/mol. The zero-order chi connectivity index (χ0) is 12.5. The molecule has 0 aliphatic heterocycles. The third kappa shape index (κ3) is 6.03. The first kappa shape index (κ1) is 13.7. The maximum Gasteiger partial charge on any atom is 0.131 e. The molecule has 1 aromatic heterocycles. The quantitative estimate of drug-likeness (QED) is 0.562. The van der Waals surface area contributed by atoms with Crippen molar-refractivity contribution in [2.45, 2.75) is 6.42 Å². The highest BCUT2D eigenvalue weighted by atomic mass is 15.1. The fraction of sp³-hybridized carbons (Fsp3) is 0.636. The number of hydrogen-bond donors (Lipinski definition) is 3. The molecule has 0 aliphatic carbocycles. The summed E-state index contributed by atoms with van der Waals surface area (Å²) in [6, 6.07) is 1.91. The summed E-state index contributed by atoms with van der Waals surface area (Å²) in [5.74, 6) is 1.68. The van der Waals surface area contributed by atoms with E-state index in [1.54, 1.807) is 6.33 Å². The molecule has 17 heavy (non-hydrogen) atoms. The van der Waals surface area contributed by atoms with Crippen molar-refractivity contribution in [2.75, 3.05) is 50.9 Å². The summed E-state index contributed by atoms with van der Waals surface area (Å²) in [6.45, 7) is 3.36. The normalized spacial score (nSPS) is 10.6. The molecule has 0 fully saturated rings. The minimum absolute atomic E-state index is 0.687. The van der Waals surface area contributed by atoms with E-state index in [4.69, 9.17) is 5.73 Å². The molecular weight excluding hydrogens is 216 g/mol. The minimum atomic E-state index is 0.687. The molecule has 0 spiro atoms. The Balaban J connectivity index is 2.37. The van der Waals surface area contributed by atoms with Gasteiger partial charge < -0.3 is 21.3 Å². The lowest BCUT2D eigenvalue weighted by atomic mass is 10.4. The van der Waals surface area contributed by atoms with Crippen LogP contribution in [0, 0.1) is 0 Å². The fourth-order valence-corrected chi connectivity index (χ4v) is 1.28. The van der Waals surface area contributed by atoms with Crippen LogP contribution in [0.1, 0.15) is 6.42 Å². The molecular formula is C11H22N6. The molecule has 1 aromatic rings. The van der Waals surface area contributed by atoms with E-state index in [1.165, 1.54) is 0 Å². The molecule has 0 amide bonds. The first-order valence-corrected chi connectivity index (χ1v) is 5.87. The van der Waals surface area contributed by atoms with Gasteiger partial charge in [-0.25, -0.2) is 9.97 Å². The van der Waals surface area contributed by atoms with Gasteiger partial charge in [-0.3, -0.25) is 0 Å². The van der Waals surface area contributed by atoms with Crippen molar-refractivity contribution in [1.82, 2.24) is 14.9 Å². The van der Waals surface area contributed by atoms with Crippen molar-refractivity contribution in [3.63, 3.8) is 0 Å². The average Bonchev–Trinajstić information content (AvgIpc) is 2.29. The van der Waals surface area contributed by atoms with Crippen molar-refractivity contribution < 1.29 is 0 Å². The molecule has 0 unspecified atom stereocenters. The summed E-state index contributed by atoms with van der Waals surface area (Å²) in [5.41, 5.74) is 5.43. The largest absolute Gasteiger partial charge is 0.370 e. The maximum absolute atomic E-state index is 5.43. The van der Waals surface area contributed by atoms with E-state index in [2.05, 4.69) is 25.5 Å². The van der Waals surface area contributed by atoms with Crippen LogP contribution < -0.4 is 16.4 Å². The van der Waals surface area contributed by atoms with Crippen LogP contribution in [-0.4, -0.2) is 55.1 Å². The molecule has 1 heterocycles. The van der Waals surface area contributed by atoms with Gasteiger partial charge >= 0.3 is 0 Å². The third-order valence-corrected chi connectivity index (χ3v) is 2.22. The van der Waals surface area contributed by atoms with Gasteiger partial charge in [-0.15, -0.1) is 0 Å². The lowest BCUT2D eigenvalue weighted by Gasteiger charge is -2.11. The fourth-order valence-electron chi connectivity index (χ4n) is 1.28. The van der Waals surface area contributed by atoms with Gasteiger partial charge in [0, 0.05) is 25.7 Å². The lowest BCUT2D eigenvalue weighted by Crippen LogP contribution is -2.21. The zero-order valence-corrected chi connectivity index (χ0v) is 10.6. The zero-order valence-electron chi connectivity index (χ0n) is 10.6. The number of hydrogen-bond acceptors (Lipinski definition) is 6. The number of nitrogens with two attached hydrogens (primary N) is 1. The van der Waals surface area contributed by atoms with Crippen LogP contribution in [0.3, 0.4) is 0 Å². The number of aromatic nitrogens is 2. The number of nitrogens with one attached hydrogen (secondary N) is 2. The van der Waals surface area contributed by atoms with Crippen molar-refractivity contribution in [3.8, 4) is 0 Å². The molecule has 6 heteroatoms. The highest BCUT2D eigenvalue weighted by Crippen LogP contribution is 2.07. The predicted octanol–water partition coefficient (Wildman–Crippen LogP) is 0.211. The van der Waals surface area contributed by atoms with Crippen LogP contribution in [0.25, 0.3) is 0 Å². The second kappa shape index (κ2) is 7.81. The van der Waals surface area contributed by atoms with Gasteiger partial charge in [0.05, 0.1) is 0 Å². The molecule has 0 saturated heterocycles. The Morgan fingerprint density at radius 1 is 1.18 bits per heavy atom. The van der Waals surface area contributed by atoms with Gasteiger partial charge in [0.25, 0.3) is 0 Å². The highest BCUT2D eigenvalue weighted by molar-refractivity contribution is 5.46. The van der Waals surface area contributed by atoms with E-state index in [0.717, 1.165) is 37.7 Å². The highest BCUT2D eigenvalue weighted by Gasteiger charge is 1.98. The van der Waals surface area contributed by atoms with Crippen LogP contribution in [0.15, 0.2) is 12.4 Å². The Hall–Kier alpha value is -1.40. The average molecular weight is 238 g/mol. The molecule has 0 bridgehead atoms. The van der Waals surface area contributed by atoms with Crippen molar-refractivity contribution in [3.05, 3.63) is 12.4 Å². The molecule has 0 radical (unpaired) electrons. The second-order valence-corrected chi connectivity index (χ2v) is 4.09. The van der Waals surface area contributed by atoms with Crippen molar-refractivity contribution in [1.29, 1.82) is 0 Å². The van der Waals surface area contributed by atoms with Crippen molar-refractivity contribution >= 4 is 11.6 Å². The summed E-state index contributed by atoms with van der Waals surface area (Å²) < 4.78 is 0. The molecule has 0 aromatic carbocycles. The summed E-state index contributed by atoms with van der Waals surface area (Å²) in [6.07, 6.45) is 2.50. The Labute approximate surface area is 103 Å². The Morgan fingerprint density at radius 2 is 1.82 bits per heavy atom. The molecule has 1 rings (SSSR count).